The first-order valence-electron chi connectivity index (χ1n) is 6.99. The average molecular weight is 303 g/mol. The smallest absolute Gasteiger partial charge is 0.226 e. The number of nitrogens with zero attached hydrogens (tertiary/aromatic N) is 3. The van der Waals surface area contributed by atoms with Crippen LogP contribution in [-0.2, 0) is 13.0 Å². The molecule has 3 rings (SSSR count). The number of hydrogen-bond acceptors (Lipinski definition) is 3. The molecular formula is C16H15F2N3O. The third-order valence-corrected chi connectivity index (χ3v) is 3.44. The van der Waals surface area contributed by atoms with E-state index in [0.717, 1.165) is 18.3 Å². The van der Waals surface area contributed by atoms with Crippen molar-refractivity contribution in [1.29, 1.82) is 0 Å². The molecule has 0 N–H and O–H groups in total. The molecule has 0 unspecified atom stereocenters. The van der Waals surface area contributed by atoms with Gasteiger partial charge in [0.05, 0.1) is 6.54 Å². The number of aromatic nitrogens is 3. The van der Waals surface area contributed by atoms with Crippen molar-refractivity contribution < 1.29 is 13.2 Å². The minimum absolute atomic E-state index is 0.212. The topological polar surface area (TPSA) is 43.9 Å². The van der Waals surface area contributed by atoms with Gasteiger partial charge < -0.3 is 8.98 Å². The van der Waals surface area contributed by atoms with Crippen molar-refractivity contribution in [3.05, 3.63) is 59.5 Å². The van der Waals surface area contributed by atoms with Crippen molar-refractivity contribution in [2.75, 3.05) is 0 Å². The largest absolute Gasteiger partial charge is 0.441 e. The molecule has 0 saturated carbocycles. The van der Waals surface area contributed by atoms with Crippen LogP contribution >= 0.6 is 0 Å². The van der Waals surface area contributed by atoms with Crippen molar-refractivity contribution in [2.45, 2.75) is 26.8 Å². The van der Waals surface area contributed by atoms with Crippen molar-refractivity contribution in [3.63, 3.8) is 0 Å². The van der Waals surface area contributed by atoms with Crippen LogP contribution in [0.1, 0.15) is 24.2 Å². The lowest BCUT2D eigenvalue weighted by Crippen LogP contribution is -2.04. The number of rotatable bonds is 4. The lowest BCUT2D eigenvalue weighted by atomic mass is 10.2. The minimum atomic E-state index is -0.657. The monoisotopic (exact) mass is 303 g/mol. The Labute approximate surface area is 126 Å². The summed E-state index contributed by atoms with van der Waals surface area (Å²) < 4.78 is 34.1. The Morgan fingerprint density at radius 3 is 2.59 bits per heavy atom. The van der Waals surface area contributed by atoms with Gasteiger partial charge in [-0.2, -0.15) is 0 Å². The van der Waals surface area contributed by atoms with E-state index in [9.17, 15) is 8.78 Å². The molecule has 0 amide bonds. The van der Waals surface area contributed by atoms with E-state index in [2.05, 4.69) is 9.97 Å². The summed E-state index contributed by atoms with van der Waals surface area (Å²) in [6.07, 6.45) is 4.41. The number of halogens is 2. The third-order valence-electron chi connectivity index (χ3n) is 3.44. The second-order valence-electron chi connectivity index (χ2n) is 5.00. The van der Waals surface area contributed by atoms with E-state index in [1.807, 2.05) is 17.7 Å². The first-order valence-corrected chi connectivity index (χ1v) is 6.99. The lowest BCUT2D eigenvalue weighted by Gasteiger charge is -2.03. The van der Waals surface area contributed by atoms with Crippen molar-refractivity contribution in [2.24, 2.45) is 0 Å². The maximum Gasteiger partial charge on any atom is 0.226 e. The molecule has 0 bridgehead atoms. The highest BCUT2D eigenvalue weighted by Gasteiger charge is 2.14. The quantitative estimate of drug-likeness (QED) is 0.737. The Morgan fingerprint density at radius 2 is 1.91 bits per heavy atom. The third kappa shape index (κ3) is 2.77. The van der Waals surface area contributed by atoms with E-state index in [-0.39, 0.29) is 11.5 Å². The molecule has 1 aromatic carbocycles. The molecule has 0 saturated heterocycles. The highest BCUT2D eigenvalue weighted by molar-refractivity contribution is 5.53. The van der Waals surface area contributed by atoms with Crippen LogP contribution in [0.3, 0.4) is 0 Å². The van der Waals surface area contributed by atoms with Gasteiger partial charge in [0.25, 0.3) is 0 Å². The van der Waals surface area contributed by atoms with Crippen LogP contribution in [0.2, 0.25) is 0 Å². The predicted octanol–water partition coefficient (Wildman–Crippen LogP) is 3.74. The van der Waals surface area contributed by atoms with Gasteiger partial charge in [0.2, 0.25) is 5.89 Å². The van der Waals surface area contributed by atoms with Crippen LogP contribution in [0, 0.1) is 18.6 Å². The molecule has 2 heterocycles. The maximum absolute atomic E-state index is 13.3. The van der Waals surface area contributed by atoms with Crippen LogP contribution in [0.15, 0.2) is 35.0 Å². The zero-order valence-corrected chi connectivity index (χ0v) is 12.3. The second-order valence-corrected chi connectivity index (χ2v) is 5.00. The predicted molar refractivity (Wildman–Crippen MR) is 77.3 cm³/mol. The Kier molecular flexibility index (Phi) is 3.75. The number of aryl methyl sites for hydroxylation is 2. The van der Waals surface area contributed by atoms with Gasteiger partial charge in [-0.05, 0) is 19.1 Å². The molecule has 4 nitrogen and oxygen atoms in total. The van der Waals surface area contributed by atoms with Crippen molar-refractivity contribution >= 4 is 0 Å². The van der Waals surface area contributed by atoms with Gasteiger partial charge in [0.1, 0.15) is 28.9 Å². The van der Waals surface area contributed by atoms with Crippen LogP contribution in [0.4, 0.5) is 8.78 Å². The number of hydrogen-bond donors (Lipinski definition) is 0. The fraction of sp³-hybridized carbons (Fsp3) is 0.250. The lowest BCUT2D eigenvalue weighted by molar-refractivity contribution is 0.533. The van der Waals surface area contributed by atoms with E-state index in [4.69, 9.17) is 4.42 Å². The summed E-state index contributed by atoms with van der Waals surface area (Å²) in [6, 6.07) is 3.22. The SMILES string of the molecule is CCc1nccn1Cc1nc(-c2cc(F)cc(F)c2)oc1C. The first-order chi connectivity index (χ1) is 10.6. The Balaban J connectivity index is 1.94. The summed E-state index contributed by atoms with van der Waals surface area (Å²) in [5.74, 6) is 0.464. The molecule has 0 aliphatic rings. The van der Waals surface area contributed by atoms with E-state index >= 15 is 0 Å². The van der Waals surface area contributed by atoms with Crippen LogP contribution < -0.4 is 0 Å². The van der Waals surface area contributed by atoms with Gasteiger partial charge in [-0.25, -0.2) is 18.7 Å². The standard InChI is InChI=1S/C16H15F2N3O/c1-3-15-19-4-5-21(15)9-14-10(2)22-16(20-14)11-6-12(17)8-13(18)7-11/h4-8H,3,9H2,1-2H3. The summed E-state index contributed by atoms with van der Waals surface area (Å²) in [5, 5.41) is 0. The van der Waals surface area contributed by atoms with Gasteiger partial charge in [-0.15, -0.1) is 0 Å². The molecule has 0 atom stereocenters. The Hall–Kier alpha value is -2.50. The van der Waals surface area contributed by atoms with Crippen molar-refractivity contribution in [3.8, 4) is 11.5 Å². The molecule has 3 aromatic rings. The van der Waals surface area contributed by atoms with E-state index in [1.165, 1.54) is 12.1 Å². The van der Waals surface area contributed by atoms with Crippen LogP contribution in [0.25, 0.3) is 11.5 Å². The first kappa shape index (κ1) is 14.4. The summed E-state index contributed by atoms with van der Waals surface area (Å²) in [5.41, 5.74) is 1.00. The summed E-state index contributed by atoms with van der Waals surface area (Å²) in [7, 11) is 0. The highest BCUT2D eigenvalue weighted by Crippen LogP contribution is 2.24. The van der Waals surface area contributed by atoms with Gasteiger partial charge in [0.15, 0.2) is 0 Å². The highest BCUT2D eigenvalue weighted by atomic mass is 19.1. The van der Waals surface area contributed by atoms with E-state index < -0.39 is 11.6 Å². The van der Waals surface area contributed by atoms with Gasteiger partial charge in [-0.3, -0.25) is 0 Å². The van der Waals surface area contributed by atoms with E-state index in [0.29, 0.717) is 18.0 Å². The van der Waals surface area contributed by atoms with Gasteiger partial charge >= 0.3 is 0 Å². The zero-order valence-electron chi connectivity index (χ0n) is 12.3. The van der Waals surface area contributed by atoms with Crippen LogP contribution in [-0.4, -0.2) is 14.5 Å². The molecular weight excluding hydrogens is 288 g/mol. The fourth-order valence-corrected chi connectivity index (χ4v) is 2.34. The summed E-state index contributed by atoms with van der Waals surface area (Å²) in [6.45, 7) is 4.32. The van der Waals surface area contributed by atoms with Gasteiger partial charge in [0, 0.05) is 30.4 Å². The maximum atomic E-state index is 13.3. The fourth-order valence-electron chi connectivity index (χ4n) is 2.34. The number of oxazole rings is 1. The van der Waals surface area contributed by atoms with E-state index in [1.54, 1.807) is 13.1 Å². The molecule has 0 fully saturated rings. The molecule has 6 heteroatoms. The second kappa shape index (κ2) is 5.71. The number of imidazole rings is 1. The Bertz CT molecular complexity index is 787. The zero-order chi connectivity index (χ0) is 15.7. The van der Waals surface area contributed by atoms with Gasteiger partial charge in [-0.1, -0.05) is 6.92 Å². The molecule has 114 valence electrons. The molecule has 0 radical (unpaired) electrons. The molecule has 0 aliphatic carbocycles. The molecule has 2 aromatic heterocycles. The minimum Gasteiger partial charge on any atom is -0.441 e. The summed E-state index contributed by atoms with van der Waals surface area (Å²) >= 11 is 0. The molecule has 22 heavy (non-hydrogen) atoms. The van der Waals surface area contributed by atoms with Crippen LogP contribution in [0.5, 0.6) is 0 Å². The van der Waals surface area contributed by atoms with Crippen molar-refractivity contribution in [1.82, 2.24) is 14.5 Å². The number of benzene rings is 1. The Morgan fingerprint density at radius 1 is 1.18 bits per heavy atom. The molecule has 0 spiro atoms. The average Bonchev–Trinajstić information content (AvgIpc) is 3.05. The normalized spacial score (nSPS) is 11.1. The summed E-state index contributed by atoms with van der Waals surface area (Å²) in [4.78, 5) is 8.62. The molecule has 0 aliphatic heterocycles.